The molecule has 0 spiro atoms. The number of hydrogen-bond acceptors (Lipinski definition) is 6. The highest BCUT2D eigenvalue weighted by Gasteiger charge is 2.49. The van der Waals surface area contributed by atoms with Gasteiger partial charge in [0.1, 0.15) is 23.0 Å². The van der Waals surface area contributed by atoms with Crippen molar-refractivity contribution in [2.45, 2.75) is 0 Å². The van der Waals surface area contributed by atoms with Crippen LogP contribution in [0.2, 0.25) is 0 Å². The quantitative estimate of drug-likeness (QED) is 0.134. The van der Waals surface area contributed by atoms with Gasteiger partial charge in [0.25, 0.3) is 13.4 Å². The monoisotopic (exact) mass is 1070 g/mol. The molecule has 8 heteroatoms. The van der Waals surface area contributed by atoms with Gasteiger partial charge in [-0.2, -0.15) is 0 Å². The van der Waals surface area contributed by atoms with Gasteiger partial charge >= 0.3 is 0 Å². The van der Waals surface area contributed by atoms with Gasteiger partial charge in [0.2, 0.25) is 0 Å². The van der Waals surface area contributed by atoms with E-state index < -0.39 is 0 Å². The minimum atomic E-state index is -0.238. The molecule has 0 N–H and O–H groups in total. The first kappa shape index (κ1) is 47.8. The molecular formula is C76H50B2N4O2. The number of hydrogen-bond donors (Lipinski definition) is 0. The Morgan fingerprint density at radius 1 is 0.286 bits per heavy atom. The molecule has 17 rings (SSSR count). The lowest BCUT2D eigenvalue weighted by Crippen LogP contribution is -2.63. The van der Waals surface area contributed by atoms with Crippen LogP contribution >= 0.6 is 0 Å². The summed E-state index contributed by atoms with van der Waals surface area (Å²) < 4.78 is 15.9. The third-order valence-corrected chi connectivity index (χ3v) is 17.2. The van der Waals surface area contributed by atoms with Crippen molar-refractivity contribution in [1.29, 1.82) is 0 Å². The summed E-state index contributed by atoms with van der Waals surface area (Å²) in [7, 11) is 0. The molecule has 0 fully saturated rings. The first-order valence-electron chi connectivity index (χ1n) is 28.8. The highest BCUT2D eigenvalue weighted by atomic mass is 16.5. The zero-order chi connectivity index (χ0) is 55.2. The Morgan fingerprint density at radius 3 is 1.10 bits per heavy atom. The van der Waals surface area contributed by atoms with Gasteiger partial charge in [-0.3, -0.25) is 0 Å². The first-order chi connectivity index (χ1) is 41.7. The minimum absolute atomic E-state index is 0.238. The normalized spacial score (nSPS) is 12.9. The molecule has 4 aliphatic rings. The molecule has 392 valence electrons. The average molecular weight is 1070 g/mol. The molecule has 84 heavy (non-hydrogen) atoms. The van der Waals surface area contributed by atoms with Gasteiger partial charge in [-0.05, 0) is 146 Å². The van der Waals surface area contributed by atoms with Crippen LogP contribution in [0, 0.1) is 0 Å². The van der Waals surface area contributed by atoms with Crippen molar-refractivity contribution in [2.75, 3.05) is 19.6 Å². The van der Waals surface area contributed by atoms with E-state index in [-0.39, 0.29) is 13.4 Å². The summed E-state index contributed by atoms with van der Waals surface area (Å²) >= 11 is 0. The SMILES string of the molecule is c1ccc(N(c2ccccc2)c2cc3c4c(c2)N(c2ccccc2)c2ccccc2B4c2cc4c(c(-c5cccc6ccccc56)c2O3)Oc2cc(N(c3ccccc3)c3ccccc3)cc3c2B4c2ccccc2N3c2ccccc2)cc1. The first-order valence-corrected chi connectivity index (χ1v) is 28.8. The van der Waals surface area contributed by atoms with Crippen molar-refractivity contribution in [2.24, 2.45) is 0 Å². The Balaban J connectivity index is 0.981. The lowest BCUT2D eigenvalue weighted by atomic mass is 9.30. The molecule has 13 aromatic carbocycles. The second-order valence-electron chi connectivity index (χ2n) is 21.9. The number of fused-ring (bicyclic) bond motifs is 9. The maximum atomic E-state index is 7.95. The highest BCUT2D eigenvalue weighted by molar-refractivity contribution is 7.02. The van der Waals surface area contributed by atoms with Crippen molar-refractivity contribution in [3.8, 4) is 34.1 Å². The molecule has 0 saturated carbocycles. The van der Waals surface area contributed by atoms with Crippen molar-refractivity contribution in [3.05, 3.63) is 303 Å². The molecule has 0 radical (unpaired) electrons. The van der Waals surface area contributed by atoms with Crippen LogP contribution in [-0.4, -0.2) is 13.4 Å². The lowest BCUT2D eigenvalue weighted by molar-refractivity contribution is 0.469. The molecule has 0 atom stereocenters. The third kappa shape index (κ3) is 7.47. The maximum absolute atomic E-state index is 7.95. The van der Waals surface area contributed by atoms with Crippen molar-refractivity contribution < 1.29 is 9.47 Å². The molecule has 13 aromatic rings. The van der Waals surface area contributed by atoms with Gasteiger partial charge in [0.05, 0.1) is 16.9 Å². The van der Waals surface area contributed by atoms with Crippen LogP contribution in [0.25, 0.3) is 21.9 Å². The Bertz CT molecular complexity index is 4360. The van der Waals surface area contributed by atoms with E-state index in [9.17, 15) is 0 Å². The van der Waals surface area contributed by atoms with Crippen LogP contribution in [0.15, 0.2) is 303 Å². The van der Waals surface area contributed by atoms with Gasteiger partial charge in [0, 0.05) is 69.0 Å². The molecule has 0 saturated heterocycles. The van der Waals surface area contributed by atoms with E-state index in [0.29, 0.717) is 0 Å². The van der Waals surface area contributed by atoms with Crippen molar-refractivity contribution in [3.63, 3.8) is 0 Å². The predicted octanol–water partition coefficient (Wildman–Crippen LogP) is 16.3. The summed E-state index contributed by atoms with van der Waals surface area (Å²) in [5, 5.41) is 2.24. The lowest BCUT2D eigenvalue weighted by Gasteiger charge is -2.43. The summed E-state index contributed by atoms with van der Waals surface area (Å²) in [5.41, 5.74) is 21.4. The highest BCUT2D eigenvalue weighted by Crippen LogP contribution is 2.53. The Morgan fingerprint density at radius 2 is 0.655 bits per heavy atom. The number of ether oxygens (including phenoxy) is 2. The van der Waals surface area contributed by atoms with Crippen molar-refractivity contribution >= 4 is 125 Å². The third-order valence-electron chi connectivity index (χ3n) is 17.2. The van der Waals surface area contributed by atoms with Crippen LogP contribution in [0.4, 0.5) is 68.2 Å². The molecule has 4 heterocycles. The standard InChI is InChI=1S/C76H50B2N4O2/c1-7-28-52(29-8-1)79(53-30-9-2-10-31-53)58-46-68-73-70(48-58)83-75-64(77(73)62-42-21-23-44-66(62)81(68)56-36-15-5-16-37-56)50-65-76(72(75)61-41-25-27-51-26-19-20-40-60(51)61)84-71-49-59(80(54-32-11-3-12-33-54)55-34-13-4-14-35-55)47-69-74(71)78(65)63-43-22-24-45-67(63)82(69)57-38-17-6-18-39-57/h1-50H. The molecule has 0 aromatic heterocycles. The van der Waals surface area contributed by atoms with Gasteiger partial charge in [-0.1, -0.05) is 194 Å². The molecule has 0 amide bonds. The van der Waals surface area contributed by atoms with E-state index in [1.807, 2.05) is 0 Å². The molecule has 4 aliphatic heterocycles. The van der Waals surface area contributed by atoms with E-state index in [1.165, 1.54) is 10.9 Å². The number of para-hydroxylation sites is 8. The maximum Gasteiger partial charge on any atom is 0.256 e. The van der Waals surface area contributed by atoms with E-state index >= 15 is 0 Å². The number of nitrogens with zero attached hydrogens (tertiary/aromatic N) is 4. The van der Waals surface area contributed by atoms with Gasteiger partial charge < -0.3 is 29.1 Å². The summed E-state index contributed by atoms with van der Waals surface area (Å²) in [6, 6.07) is 109. The smallest absolute Gasteiger partial charge is 0.256 e. The molecule has 0 bridgehead atoms. The minimum Gasteiger partial charge on any atom is -0.457 e. The van der Waals surface area contributed by atoms with Crippen LogP contribution in [0.3, 0.4) is 0 Å². The fraction of sp³-hybridized carbons (Fsp3) is 0. The summed E-state index contributed by atoms with van der Waals surface area (Å²) in [6.45, 7) is -0.476. The van der Waals surface area contributed by atoms with Crippen LogP contribution in [0.1, 0.15) is 0 Å². The van der Waals surface area contributed by atoms with E-state index in [2.05, 4.69) is 323 Å². The van der Waals surface area contributed by atoms with E-state index in [4.69, 9.17) is 9.47 Å². The van der Waals surface area contributed by atoms with Crippen LogP contribution in [-0.2, 0) is 0 Å². The largest absolute Gasteiger partial charge is 0.457 e. The fourth-order valence-electron chi connectivity index (χ4n) is 13.8. The molecule has 0 unspecified atom stereocenters. The molecule has 0 aliphatic carbocycles. The number of rotatable bonds is 9. The van der Waals surface area contributed by atoms with Gasteiger partial charge in [-0.15, -0.1) is 0 Å². The number of anilines is 12. The summed E-state index contributed by atoms with van der Waals surface area (Å²) in [6.07, 6.45) is 0. The zero-order valence-electron chi connectivity index (χ0n) is 45.6. The Kier molecular flexibility index (Phi) is 11.0. The van der Waals surface area contributed by atoms with E-state index in [1.54, 1.807) is 0 Å². The van der Waals surface area contributed by atoms with Crippen molar-refractivity contribution in [1.82, 2.24) is 0 Å². The Hall–Kier alpha value is -11.0. The zero-order valence-corrected chi connectivity index (χ0v) is 45.6. The van der Waals surface area contributed by atoms with E-state index in [0.717, 1.165) is 135 Å². The van der Waals surface area contributed by atoms with Crippen LogP contribution < -0.4 is 61.9 Å². The van der Waals surface area contributed by atoms with Gasteiger partial charge in [0.15, 0.2) is 0 Å². The van der Waals surface area contributed by atoms with Gasteiger partial charge in [-0.25, -0.2) is 0 Å². The molecular weight excluding hydrogens is 1020 g/mol. The van der Waals surface area contributed by atoms with Crippen LogP contribution in [0.5, 0.6) is 23.0 Å². The Labute approximate surface area is 489 Å². The average Bonchev–Trinajstić information content (AvgIpc) is 0.995. The second-order valence-corrected chi connectivity index (χ2v) is 21.9. The summed E-state index contributed by atoms with van der Waals surface area (Å²) in [4.78, 5) is 9.56. The summed E-state index contributed by atoms with van der Waals surface area (Å²) in [5.74, 6) is 3.14. The predicted molar refractivity (Wildman–Crippen MR) is 350 cm³/mol. The number of benzene rings is 13. The molecule has 6 nitrogen and oxygen atoms in total. The topological polar surface area (TPSA) is 31.4 Å². The second kappa shape index (κ2) is 19.4. The fourth-order valence-corrected chi connectivity index (χ4v) is 13.8.